The molecule has 0 heterocycles. The second-order valence-corrected chi connectivity index (χ2v) is 7.54. The fourth-order valence-corrected chi connectivity index (χ4v) is 3.62. The normalized spacial score (nSPS) is 16.2. The Balaban J connectivity index is 1.44. The summed E-state index contributed by atoms with van der Waals surface area (Å²) in [4.78, 5) is 0. The van der Waals surface area contributed by atoms with Crippen LogP contribution in [-0.4, -0.2) is 6.04 Å². The fraction of sp³-hybridized carbons (Fsp3) is 0.455. The van der Waals surface area contributed by atoms with Crippen molar-refractivity contribution in [3.05, 3.63) is 64.7 Å². The van der Waals surface area contributed by atoms with Gasteiger partial charge in [0.2, 0.25) is 0 Å². The summed E-state index contributed by atoms with van der Waals surface area (Å²) in [6, 6.07) is 17.1. The van der Waals surface area contributed by atoms with Crippen molar-refractivity contribution in [3.8, 4) is 5.75 Å². The van der Waals surface area contributed by atoms with Crippen LogP contribution in [0.25, 0.3) is 0 Å². The van der Waals surface area contributed by atoms with Gasteiger partial charge in [-0.3, -0.25) is 0 Å². The van der Waals surface area contributed by atoms with Crippen LogP contribution in [-0.2, 0) is 13.2 Å². The van der Waals surface area contributed by atoms with Gasteiger partial charge in [-0.05, 0) is 67.6 Å². The molecule has 0 spiro atoms. The number of quaternary nitrogens is 1. The van der Waals surface area contributed by atoms with Gasteiger partial charge in [0, 0.05) is 10.6 Å². The lowest BCUT2D eigenvalue weighted by Crippen LogP contribution is -2.88. The number of hydrogen-bond donors (Lipinski definition) is 1. The maximum atomic E-state index is 5.91. The molecule has 134 valence electrons. The van der Waals surface area contributed by atoms with Crippen LogP contribution in [0.3, 0.4) is 0 Å². The van der Waals surface area contributed by atoms with Crippen molar-refractivity contribution in [2.75, 3.05) is 0 Å². The Morgan fingerprint density at radius 3 is 2.08 bits per heavy atom. The van der Waals surface area contributed by atoms with Gasteiger partial charge in [0.15, 0.2) is 0 Å². The molecule has 25 heavy (non-hydrogen) atoms. The van der Waals surface area contributed by atoms with Crippen LogP contribution in [0.2, 0.25) is 5.02 Å². The fourth-order valence-electron chi connectivity index (χ4n) is 3.50. The van der Waals surface area contributed by atoms with E-state index < -0.39 is 0 Å². The SMILES string of the molecule is Clc1ccc(COc2ccc(C[NH2+]C3CCCCCCC3)cc2)cc1. The Labute approximate surface area is 156 Å². The van der Waals surface area contributed by atoms with Crippen molar-refractivity contribution in [2.24, 2.45) is 0 Å². The number of benzene rings is 2. The summed E-state index contributed by atoms with van der Waals surface area (Å²) >= 11 is 5.91. The van der Waals surface area contributed by atoms with Crippen LogP contribution in [0, 0.1) is 0 Å². The molecule has 2 nitrogen and oxygen atoms in total. The van der Waals surface area contributed by atoms with Crippen LogP contribution in [0.5, 0.6) is 5.75 Å². The van der Waals surface area contributed by atoms with Crippen molar-refractivity contribution in [1.82, 2.24) is 0 Å². The molecule has 0 unspecified atom stereocenters. The standard InChI is InChI=1S/C22H28ClNO/c23-20-12-8-19(9-13-20)17-25-22-14-10-18(11-15-22)16-24-21-6-4-2-1-3-5-7-21/h8-15,21,24H,1-7,16-17H2/p+1. The Morgan fingerprint density at radius 1 is 0.800 bits per heavy atom. The first kappa shape index (κ1) is 18.3. The minimum absolute atomic E-state index is 0.574. The second kappa shape index (κ2) is 9.84. The summed E-state index contributed by atoms with van der Waals surface area (Å²) in [5.41, 5.74) is 2.51. The van der Waals surface area contributed by atoms with Gasteiger partial charge < -0.3 is 10.1 Å². The van der Waals surface area contributed by atoms with Crippen LogP contribution < -0.4 is 10.1 Å². The first-order chi connectivity index (χ1) is 12.3. The largest absolute Gasteiger partial charge is 0.489 e. The molecule has 1 aliphatic rings. The third kappa shape index (κ3) is 6.37. The molecular formula is C22H29ClNO+. The minimum Gasteiger partial charge on any atom is -0.489 e. The van der Waals surface area contributed by atoms with E-state index in [1.165, 1.54) is 50.5 Å². The second-order valence-electron chi connectivity index (χ2n) is 7.10. The summed E-state index contributed by atoms with van der Waals surface area (Å²) in [6.45, 7) is 1.65. The number of hydrogen-bond acceptors (Lipinski definition) is 1. The molecule has 1 saturated carbocycles. The summed E-state index contributed by atoms with van der Waals surface area (Å²) in [6.07, 6.45) is 9.83. The molecule has 0 saturated heterocycles. The minimum atomic E-state index is 0.574. The monoisotopic (exact) mass is 358 g/mol. The first-order valence-electron chi connectivity index (χ1n) is 9.59. The van der Waals surface area contributed by atoms with Gasteiger partial charge in [0.1, 0.15) is 18.9 Å². The van der Waals surface area contributed by atoms with E-state index in [-0.39, 0.29) is 0 Å². The average Bonchev–Trinajstić information content (AvgIpc) is 2.61. The Bertz CT molecular complexity index is 615. The van der Waals surface area contributed by atoms with Crippen molar-refractivity contribution < 1.29 is 10.1 Å². The van der Waals surface area contributed by atoms with Crippen molar-refractivity contribution in [3.63, 3.8) is 0 Å². The van der Waals surface area contributed by atoms with E-state index in [1.807, 2.05) is 24.3 Å². The predicted molar refractivity (Wildman–Crippen MR) is 104 cm³/mol. The topological polar surface area (TPSA) is 25.8 Å². The molecule has 0 amide bonds. The molecule has 3 heteroatoms. The van der Waals surface area contributed by atoms with Crippen LogP contribution in [0.1, 0.15) is 56.1 Å². The van der Waals surface area contributed by atoms with Crippen LogP contribution in [0.4, 0.5) is 0 Å². The lowest BCUT2D eigenvalue weighted by atomic mass is 9.96. The van der Waals surface area contributed by atoms with Crippen LogP contribution >= 0.6 is 11.6 Å². The van der Waals surface area contributed by atoms with Gasteiger partial charge in [-0.25, -0.2) is 0 Å². The van der Waals surface area contributed by atoms with Gasteiger partial charge in [-0.15, -0.1) is 0 Å². The highest BCUT2D eigenvalue weighted by molar-refractivity contribution is 6.30. The van der Waals surface area contributed by atoms with E-state index in [1.54, 1.807) is 0 Å². The highest BCUT2D eigenvalue weighted by Gasteiger charge is 2.13. The van der Waals surface area contributed by atoms with E-state index >= 15 is 0 Å². The molecule has 0 aromatic heterocycles. The summed E-state index contributed by atoms with van der Waals surface area (Å²) < 4.78 is 5.86. The van der Waals surface area contributed by atoms with Gasteiger partial charge in [0.25, 0.3) is 0 Å². The molecule has 1 aliphatic carbocycles. The van der Waals surface area contributed by atoms with E-state index in [9.17, 15) is 0 Å². The molecule has 0 atom stereocenters. The number of halogens is 1. The third-order valence-corrected chi connectivity index (χ3v) is 5.33. The van der Waals surface area contributed by atoms with E-state index in [0.29, 0.717) is 6.61 Å². The van der Waals surface area contributed by atoms with Gasteiger partial charge in [0.05, 0.1) is 6.04 Å². The highest BCUT2D eigenvalue weighted by Crippen LogP contribution is 2.17. The zero-order chi connectivity index (χ0) is 17.3. The van der Waals surface area contributed by atoms with Crippen molar-refractivity contribution in [2.45, 2.75) is 64.1 Å². The quantitative estimate of drug-likeness (QED) is 0.764. The van der Waals surface area contributed by atoms with E-state index in [0.717, 1.165) is 28.9 Å². The predicted octanol–water partition coefficient (Wildman–Crippen LogP) is 5.10. The molecule has 3 rings (SSSR count). The van der Waals surface area contributed by atoms with E-state index in [2.05, 4.69) is 29.6 Å². The molecule has 2 aromatic carbocycles. The molecule has 2 aromatic rings. The maximum absolute atomic E-state index is 5.91. The average molecular weight is 359 g/mol. The smallest absolute Gasteiger partial charge is 0.119 e. The molecule has 0 bridgehead atoms. The molecule has 0 aliphatic heterocycles. The number of ether oxygens (including phenoxy) is 1. The third-order valence-electron chi connectivity index (χ3n) is 5.08. The summed E-state index contributed by atoms with van der Waals surface area (Å²) in [5.74, 6) is 0.921. The Hall–Kier alpha value is -1.51. The van der Waals surface area contributed by atoms with Crippen molar-refractivity contribution in [1.29, 1.82) is 0 Å². The Morgan fingerprint density at radius 2 is 1.40 bits per heavy atom. The molecule has 1 fully saturated rings. The van der Waals surface area contributed by atoms with Gasteiger partial charge >= 0.3 is 0 Å². The van der Waals surface area contributed by atoms with Crippen LogP contribution in [0.15, 0.2) is 48.5 Å². The zero-order valence-electron chi connectivity index (χ0n) is 14.9. The zero-order valence-corrected chi connectivity index (χ0v) is 15.7. The molecular weight excluding hydrogens is 330 g/mol. The number of nitrogens with two attached hydrogens (primary N) is 1. The lowest BCUT2D eigenvalue weighted by molar-refractivity contribution is -0.706. The summed E-state index contributed by atoms with van der Waals surface area (Å²) in [7, 11) is 0. The van der Waals surface area contributed by atoms with Gasteiger partial charge in [-0.2, -0.15) is 0 Å². The molecule has 0 radical (unpaired) electrons. The van der Waals surface area contributed by atoms with Gasteiger partial charge in [-0.1, -0.05) is 43.0 Å². The lowest BCUT2D eigenvalue weighted by Gasteiger charge is -2.18. The Kier molecular flexibility index (Phi) is 7.20. The van der Waals surface area contributed by atoms with E-state index in [4.69, 9.17) is 16.3 Å². The van der Waals surface area contributed by atoms with Crippen molar-refractivity contribution >= 4 is 11.6 Å². The maximum Gasteiger partial charge on any atom is 0.119 e. The number of rotatable bonds is 6. The summed E-state index contributed by atoms with van der Waals surface area (Å²) in [5, 5.41) is 3.29. The molecule has 2 N–H and O–H groups in total. The first-order valence-corrected chi connectivity index (χ1v) is 9.97. The highest BCUT2D eigenvalue weighted by atomic mass is 35.5.